The standard InChI is InChI=1S/C83H162O17P2/c1-6-10-13-16-19-22-24-26-28-29-30-31-32-33-34-35-41-45-49-54-59-64-69-83(88)100-79(73-94-81(86)67-62-57-52-47-43-40-37-36-38-42-46-50-55-60-65-76(5)9-4)75-98-102(91,92)96-71-77(84)70-95-101(89,90)97-74-78(72-93-80(85)66-61-56-51-21-18-15-12-8-3)99-82(87)68-63-58-53-48-44-39-27-25-23-20-17-14-11-7-2/h76-79,84H,6-75H2,1-5H3,(H,89,90)(H,91,92)/t76?,77-,78+,79+/m0/s1. The lowest BCUT2D eigenvalue weighted by molar-refractivity contribution is -0.161. The van der Waals surface area contributed by atoms with Crippen molar-refractivity contribution in [3.05, 3.63) is 0 Å². The first-order valence-corrected chi connectivity index (χ1v) is 46.2. The molecular formula is C83H162O17P2. The van der Waals surface area contributed by atoms with Gasteiger partial charge in [-0.15, -0.1) is 0 Å². The minimum absolute atomic E-state index is 0.108. The van der Waals surface area contributed by atoms with Crippen LogP contribution in [-0.2, 0) is 65.4 Å². The molecule has 0 rings (SSSR count). The number of unbranched alkanes of at least 4 members (excludes halogenated alkanes) is 54. The van der Waals surface area contributed by atoms with Crippen LogP contribution in [0.3, 0.4) is 0 Å². The molecule has 19 heteroatoms. The van der Waals surface area contributed by atoms with Gasteiger partial charge >= 0.3 is 39.5 Å². The maximum absolute atomic E-state index is 13.1. The zero-order valence-electron chi connectivity index (χ0n) is 66.8. The minimum Gasteiger partial charge on any atom is -0.462 e. The molecule has 3 unspecified atom stereocenters. The number of carbonyl (C=O) groups excluding carboxylic acids is 4. The summed E-state index contributed by atoms with van der Waals surface area (Å²) >= 11 is 0. The van der Waals surface area contributed by atoms with Gasteiger partial charge in [0.05, 0.1) is 26.4 Å². The Labute approximate surface area is 626 Å². The highest BCUT2D eigenvalue weighted by Crippen LogP contribution is 2.45. The van der Waals surface area contributed by atoms with Crippen molar-refractivity contribution in [1.82, 2.24) is 0 Å². The van der Waals surface area contributed by atoms with Crippen LogP contribution in [-0.4, -0.2) is 96.7 Å². The highest BCUT2D eigenvalue weighted by molar-refractivity contribution is 7.47. The Morgan fingerprint density at radius 2 is 0.471 bits per heavy atom. The van der Waals surface area contributed by atoms with Gasteiger partial charge in [-0.05, 0) is 31.6 Å². The second-order valence-corrected chi connectivity index (χ2v) is 33.0. The van der Waals surface area contributed by atoms with Gasteiger partial charge in [-0.3, -0.25) is 37.3 Å². The molecule has 0 fully saturated rings. The molecule has 102 heavy (non-hydrogen) atoms. The summed E-state index contributed by atoms with van der Waals surface area (Å²) in [6.07, 6.45) is 68.1. The Bertz CT molecular complexity index is 1950. The second kappa shape index (κ2) is 75.9. The number of ether oxygens (including phenoxy) is 4. The molecular weight excluding hydrogens is 1330 g/mol. The van der Waals surface area contributed by atoms with Crippen molar-refractivity contribution in [3.63, 3.8) is 0 Å². The Kier molecular flexibility index (Phi) is 74.4. The summed E-state index contributed by atoms with van der Waals surface area (Å²) in [6.45, 7) is 7.37. The minimum atomic E-state index is -4.96. The van der Waals surface area contributed by atoms with Crippen LogP contribution in [0.1, 0.15) is 446 Å². The van der Waals surface area contributed by atoms with Gasteiger partial charge in [0.1, 0.15) is 19.3 Å². The summed E-state index contributed by atoms with van der Waals surface area (Å²) in [6, 6.07) is 0. The van der Waals surface area contributed by atoms with Gasteiger partial charge in [0.2, 0.25) is 0 Å². The van der Waals surface area contributed by atoms with E-state index in [2.05, 4.69) is 34.6 Å². The predicted octanol–water partition coefficient (Wildman–Crippen LogP) is 25.2. The van der Waals surface area contributed by atoms with Crippen molar-refractivity contribution in [2.45, 2.75) is 464 Å². The Morgan fingerprint density at radius 1 is 0.275 bits per heavy atom. The fraction of sp³-hybridized carbons (Fsp3) is 0.952. The number of phosphoric acid groups is 2. The van der Waals surface area contributed by atoms with E-state index < -0.39 is 97.5 Å². The molecule has 0 aromatic carbocycles. The number of esters is 4. The van der Waals surface area contributed by atoms with Crippen molar-refractivity contribution in [2.75, 3.05) is 39.6 Å². The summed E-state index contributed by atoms with van der Waals surface area (Å²) in [5.41, 5.74) is 0. The molecule has 0 amide bonds. The van der Waals surface area contributed by atoms with E-state index in [0.717, 1.165) is 102 Å². The van der Waals surface area contributed by atoms with Gasteiger partial charge in [-0.25, -0.2) is 9.13 Å². The number of rotatable bonds is 83. The normalized spacial score (nSPS) is 14.1. The van der Waals surface area contributed by atoms with Crippen LogP contribution >= 0.6 is 15.6 Å². The lowest BCUT2D eigenvalue weighted by atomic mass is 9.99. The average Bonchev–Trinajstić information content (AvgIpc) is 0.910. The fourth-order valence-corrected chi connectivity index (χ4v) is 14.5. The second-order valence-electron chi connectivity index (χ2n) is 30.1. The summed E-state index contributed by atoms with van der Waals surface area (Å²) in [7, 11) is -9.92. The van der Waals surface area contributed by atoms with Gasteiger partial charge < -0.3 is 33.8 Å². The number of hydrogen-bond acceptors (Lipinski definition) is 15. The maximum Gasteiger partial charge on any atom is 0.472 e. The van der Waals surface area contributed by atoms with E-state index >= 15 is 0 Å². The topological polar surface area (TPSA) is 237 Å². The van der Waals surface area contributed by atoms with E-state index in [9.17, 15) is 43.2 Å². The van der Waals surface area contributed by atoms with Crippen LogP contribution in [0.5, 0.6) is 0 Å². The van der Waals surface area contributed by atoms with Gasteiger partial charge in [0.15, 0.2) is 12.2 Å². The van der Waals surface area contributed by atoms with Gasteiger partial charge in [0.25, 0.3) is 0 Å². The van der Waals surface area contributed by atoms with Crippen molar-refractivity contribution < 1.29 is 80.2 Å². The fourth-order valence-electron chi connectivity index (χ4n) is 12.9. The van der Waals surface area contributed by atoms with E-state index in [0.29, 0.717) is 25.7 Å². The molecule has 3 N–H and O–H groups in total. The molecule has 0 aliphatic carbocycles. The highest BCUT2D eigenvalue weighted by Gasteiger charge is 2.30. The molecule has 606 valence electrons. The Hall–Kier alpha value is -1.94. The van der Waals surface area contributed by atoms with Crippen LogP contribution in [0, 0.1) is 5.92 Å². The van der Waals surface area contributed by atoms with E-state index in [1.165, 1.54) is 263 Å². The van der Waals surface area contributed by atoms with Crippen LogP contribution in [0.2, 0.25) is 0 Å². The number of aliphatic hydroxyl groups excluding tert-OH is 1. The van der Waals surface area contributed by atoms with Crippen molar-refractivity contribution >= 4 is 39.5 Å². The van der Waals surface area contributed by atoms with Crippen molar-refractivity contribution in [3.8, 4) is 0 Å². The van der Waals surface area contributed by atoms with E-state index in [1.54, 1.807) is 0 Å². The van der Waals surface area contributed by atoms with Crippen LogP contribution in [0.15, 0.2) is 0 Å². The monoisotopic (exact) mass is 1490 g/mol. The van der Waals surface area contributed by atoms with E-state index in [4.69, 9.17) is 37.0 Å². The summed E-state index contributed by atoms with van der Waals surface area (Å²) in [4.78, 5) is 73.0. The first kappa shape index (κ1) is 100. The molecule has 0 heterocycles. The molecule has 6 atom stereocenters. The average molecular weight is 1490 g/mol. The van der Waals surface area contributed by atoms with Crippen molar-refractivity contribution in [2.24, 2.45) is 5.92 Å². The highest BCUT2D eigenvalue weighted by atomic mass is 31.2. The quantitative estimate of drug-likeness (QED) is 0.0222. The third kappa shape index (κ3) is 74.9. The first-order chi connectivity index (χ1) is 49.6. The van der Waals surface area contributed by atoms with Crippen LogP contribution < -0.4 is 0 Å². The zero-order valence-corrected chi connectivity index (χ0v) is 68.5. The largest absolute Gasteiger partial charge is 0.472 e. The molecule has 17 nitrogen and oxygen atoms in total. The number of carbonyl (C=O) groups is 4. The maximum atomic E-state index is 13.1. The SMILES string of the molecule is CCCCCCCCCCCCCCCCCCCCCCCCC(=O)O[C@H](COC(=O)CCCCCCCCCCCCCCCCC(C)CC)COP(=O)(O)OC[C@@H](O)COP(=O)(O)OC[C@@H](COC(=O)CCCCCCCCCC)OC(=O)CCCCCCCCCCCCCCCC. The van der Waals surface area contributed by atoms with Crippen LogP contribution in [0.4, 0.5) is 0 Å². The summed E-state index contributed by atoms with van der Waals surface area (Å²) in [5.74, 6) is -1.26. The third-order valence-corrected chi connectivity index (χ3v) is 21.8. The molecule has 0 aromatic rings. The van der Waals surface area contributed by atoms with E-state index in [-0.39, 0.29) is 25.7 Å². The van der Waals surface area contributed by atoms with Crippen LogP contribution in [0.25, 0.3) is 0 Å². The smallest absolute Gasteiger partial charge is 0.462 e. The molecule has 0 bridgehead atoms. The Balaban J connectivity index is 5.18. The van der Waals surface area contributed by atoms with Gasteiger partial charge in [-0.1, -0.05) is 394 Å². The molecule has 0 spiro atoms. The lowest BCUT2D eigenvalue weighted by Gasteiger charge is -2.21. The third-order valence-electron chi connectivity index (χ3n) is 19.9. The predicted molar refractivity (Wildman–Crippen MR) is 418 cm³/mol. The number of hydrogen-bond donors (Lipinski definition) is 3. The zero-order chi connectivity index (χ0) is 74.8. The molecule has 0 aliphatic rings. The molecule has 0 radical (unpaired) electrons. The van der Waals surface area contributed by atoms with E-state index in [1.807, 2.05) is 0 Å². The summed E-state index contributed by atoms with van der Waals surface area (Å²) in [5, 5.41) is 10.6. The molecule has 0 aliphatic heterocycles. The number of phosphoric ester groups is 2. The Morgan fingerprint density at radius 3 is 0.696 bits per heavy atom. The molecule has 0 saturated heterocycles. The van der Waals surface area contributed by atoms with Gasteiger partial charge in [-0.2, -0.15) is 0 Å². The van der Waals surface area contributed by atoms with Crippen molar-refractivity contribution in [1.29, 1.82) is 0 Å². The lowest BCUT2D eigenvalue weighted by Crippen LogP contribution is -2.30. The molecule has 0 aromatic heterocycles. The summed E-state index contributed by atoms with van der Waals surface area (Å²) < 4.78 is 68.7. The first-order valence-electron chi connectivity index (χ1n) is 43.2. The molecule has 0 saturated carbocycles. The number of aliphatic hydroxyl groups is 1. The van der Waals surface area contributed by atoms with Gasteiger partial charge in [0, 0.05) is 25.7 Å².